The molecule has 1 N–H and O–H groups in total. The zero-order chi connectivity index (χ0) is 11.7. The highest BCUT2D eigenvalue weighted by Crippen LogP contribution is 2.12. The quantitative estimate of drug-likeness (QED) is 0.678. The lowest BCUT2D eigenvalue weighted by Gasteiger charge is -1.91. The van der Waals surface area contributed by atoms with E-state index in [2.05, 4.69) is 50.4 Å². The third-order valence-electron chi connectivity index (χ3n) is 1.75. The lowest BCUT2D eigenvalue weighted by molar-refractivity contribution is 0.737. The molecule has 0 aromatic heterocycles. The first-order valence-electron chi connectivity index (χ1n) is 5.97. The minimum atomic E-state index is 0.833. The molecule has 0 spiro atoms. The van der Waals surface area contributed by atoms with Crippen molar-refractivity contribution in [2.75, 3.05) is 0 Å². The Labute approximate surface area is 94.9 Å². The van der Waals surface area contributed by atoms with Crippen LogP contribution in [-0.2, 0) is 13.1 Å². The first-order valence-corrected chi connectivity index (χ1v) is 5.97. The third kappa shape index (κ3) is 6.29. The molecule has 0 saturated heterocycles. The van der Waals surface area contributed by atoms with Crippen LogP contribution in [0.25, 0.3) is 0 Å². The van der Waals surface area contributed by atoms with E-state index < -0.39 is 0 Å². The second kappa shape index (κ2) is 8.49. The van der Waals surface area contributed by atoms with Crippen molar-refractivity contribution in [3.05, 3.63) is 35.4 Å². The van der Waals surface area contributed by atoms with Crippen LogP contribution in [0.4, 0.5) is 0 Å². The molecular weight excluding hydrogens is 182 g/mol. The molecular formula is C14H25N. The van der Waals surface area contributed by atoms with Crippen LogP contribution >= 0.6 is 0 Å². The van der Waals surface area contributed by atoms with Crippen molar-refractivity contribution in [3.8, 4) is 0 Å². The van der Waals surface area contributed by atoms with Gasteiger partial charge in [-0.1, -0.05) is 58.9 Å². The summed E-state index contributed by atoms with van der Waals surface area (Å²) in [6.07, 6.45) is 0. The molecule has 1 heteroatoms. The lowest BCUT2D eigenvalue weighted by Crippen LogP contribution is -1.99. The fourth-order valence-corrected chi connectivity index (χ4v) is 1.23. The number of hydrogen-bond donors (Lipinski definition) is 1. The first-order chi connectivity index (χ1) is 7.20. The topological polar surface area (TPSA) is 12.0 Å². The van der Waals surface area contributed by atoms with Crippen molar-refractivity contribution >= 4 is 0 Å². The number of fused-ring (bicyclic) bond motifs is 1. The SMILES string of the molecule is CC.CC(C)C.c1ccc2c(c1)CNC2. The van der Waals surface area contributed by atoms with E-state index in [1.807, 2.05) is 13.8 Å². The van der Waals surface area contributed by atoms with Gasteiger partial charge in [0.2, 0.25) is 0 Å². The van der Waals surface area contributed by atoms with Gasteiger partial charge < -0.3 is 5.32 Å². The van der Waals surface area contributed by atoms with Crippen LogP contribution in [0.3, 0.4) is 0 Å². The van der Waals surface area contributed by atoms with Gasteiger partial charge in [-0.15, -0.1) is 0 Å². The van der Waals surface area contributed by atoms with E-state index in [0.717, 1.165) is 19.0 Å². The third-order valence-corrected chi connectivity index (χ3v) is 1.75. The van der Waals surface area contributed by atoms with Crippen LogP contribution in [-0.4, -0.2) is 0 Å². The molecule has 0 radical (unpaired) electrons. The molecule has 1 aliphatic heterocycles. The Bertz CT molecular complexity index is 228. The zero-order valence-corrected chi connectivity index (χ0v) is 10.8. The van der Waals surface area contributed by atoms with Crippen LogP contribution in [0.5, 0.6) is 0 Å². The molecule has 0 amide bonds. The van der Waals surface area contributed by atoms with Crippen molar-refractivity contribution < 1.29 is 0 Å². The molecule has 1 aromatic rings. The second-order valence-corrected chi connectivity index (χ2v) is 4.10. The summed E-state index contributed by atoms with van der Waals surface area (Å²) in [6, 6.07) is 8.53. The summed E-state index contributed by atoms with van der Waals surface area (Å²) in [5.74, 6) is 0.833. The van der Waals surface area contributed by atoms with Gasteiger partial charge in [0.15, 0.2) is 0 Å². The van der Waals surface area contributed by atoms with Gasteiger partial charge in [-0.05, 0) is 17.0 Å². The predicted molar refractivity (Wildman–Crippen MR) is 68.8 cm³/mol. The number of rotatable bonds is 0. The van der Waals surface area contributed by atoms with Crippen LogP contribution in [0, 0.1) is 5.92 Å². The zero-order valence-electron chi connectivity index (χ0n) is 10.8. The minimum absolute atomic E-state index is 0.833. The maximum atomic E-state index is 3.29. The highest BCUT2D eigenvalue weighted by atomic mass is 14.9. The summed E-state index contributed by atoms with van der Waals surface area (Å²) in [4.78, 5) is 0. The molecule has 86 valence electrons. The molecule has 0 aliphatic carbocycles. The Kier molecular flexibility index (Phi) is 8.02. The van der Waals surface area contributed by atoms with Crippen LogP contribution in [0.1, 0.15) is 45.7 Å². The van der Waals surface area contributed by atoms with Gasteiger partial charge in [0.25, 0.3) is 0 Å². The van der Waals surface area contributed by atoms with Crippen molar-refractivity contribution in [3.63, 3.8) is 0 Å². The molecule has 0 unspecified atom stereocenters. The molecule has 0 atom stereocenters. The highest BCUT2D eigenvalue weighted by Gasteiger charge is 2.06. The average molecular weight is 207 g/mol. The van der Waals surface area contributed by atoms with Gasteiger partial charge in [0.05, 0.1) is 0 Å². The molecule has 1 aromatic carbocycles. The Balaban J connectivity index is 0.000000282. The average Bonchev–Trinajstić information content (AvgIpc) is 2.67. The van der Waals surface area contributed by atoms with Crippen molar-refractivity contribution in [2.45, 2.75) is 47.7 Å². The van der Waals surface area contributed by atoms with E-state index in [1.165, 1.54) is 11.1 Å². The van der Waals surface area contributed by atoms with Gasteiger partial charge in [-0.3, -0.25) is 0 Å². The largest absolute Gasteiger partial charge is 0.309 e. The van der Waals surface area contributed by atoms with E-state index >= 15 is 0 Å². The van der Waals surface area contributed by atoms with Crippen molar-refractivity contribution in [2.24, 2.45) is 5.92 Å². The molecule has 1 aliphatic rings. The van der Waals surface area contributed by atoms with E-state index in [-0.39, 0.29) is 0 Å². The smallest absolute Gasteiger partial charge is 0.0211 e. The molecule has 1 heterocycles. The number of hydrogen-bond acceptors (Lipinski definition) is 1. The Morgan fingerprint density at radius 1 is 0.933 bits per heavy atom. The molecule has 0 saturated carbocycles. The normalized spacial score (nSPS) is 12.1. The monoisotopic (exact) mass is 207 g/mol. The standard InChI is InChI=1S/C8H9N.C4H10.C2H6/c1-2-4-8-6-9-5-7(8)3-1;1-4(2)3;1-2/h1-4,9H,5-6H2;4H,1-3H3;1-2H3. The van der Waals surface area contributed by atoms with E-state index in [4.69, 9.17) is 0 Å². The second-order valence-electron chi connectivity index (χ2n) is 4.10. The highest BCUT2D eigenvalue weighted by molar-refractivity contribution is 5.29. The molecule has 1 nitrogen and oxygen atoms in total. The van der Waals surface area contributed by atoms with Crippen LogP contribution in [0.15, 0.2) is 24.3 Å². The number of benzene rings is 1. The van der Waals surface area contributed by atoms with E-state index in [1.54, 1.807) is 0 Å². The number of nitrogens with one attached hydrogen (secondary N) is 1. The van der Waals surface area contributed by atoms with Crippen molar-refractivity contribution in [1.82, 2.24) is 5.32 Å². The van der Waals surface area contributed by atoms with E-state index in [0.29, 0.717) is 0 Å². The Hall–Kier alpha value is -0.820. The van der Waals surface area contributed by atoms with Crippen molar-refractivity contribution in [1.29, 1.82) is 0 Å². The van der Waals surface area contributed by atoms with Gasteiger partial charge in [0, 0.05) is 13.1 Å². The molecule has 15 heavy (non-hydrogen) atoms. The summed E-state index contributed by atoms with van der Waals surface area (Å²) in [7, 11) is 0. The fourth-order valence-electron chi connectivity index (χ4n) is 1.23. The van der Waals surface area contributed by atoms with Gasteiger partial charge >= 0.3 is 0 Å². The van der Waals surface area contributed by atoms with E-state index in [9.17, 15) is 0 Å². The summed E-state index contributed by atoms with van der Waals surface area (Å²) in [5, 5.41) is 3.29. The minimum Gasteiger partial charge on any atom is -0.309 e. The Morgan fingerprint density at radius 3 is 1.60 bits per heavy atom. The Morgan fingerprint density at radius 2 is 1.27 bits per heavy atom. The van der Waals surface area contributed by atoms with Gasteiger partial charge in [0.1, 0.15) is 0 Å². The molecule has 2 rings (SSSR count). The van der Waals surface area contributed by atoms with Gasteiger partial charge in [-0.25, -0.2) is 0 Å². The summed E-state index contributed by atoms with van der Waals surface area (Å²) >= 11 is 0. The first kappa shape index (κ1) is 14.2. The molecule has 0 fully saturated rings. The van der Waals surface area contributed by atoms with Crippen LogP contribution in [0.2, 0.25) is 0 Å². The predicted octanol–water partition coefficient (Wildman–Crippen LogP) is 3.98. The lowest BCUT2D eigenvalue weighted by atomic mass is 10.1. The summed E-state index contributed by atoms with van der Waals surface area (Å²) < 4.78 is 0. The summed E-state index contributed by atoms with van der Waals surface area (Å²) in [5.41, 5.74) is 2.91. The van der Waals surface area contributed by atoms with Gasteiger partial charge in [-0.2, -0.15) is 0 Å². The maximum absolute atomic E-state index is 3.29. The molecule has 0 bridgehead atoms. The maximum Gasteiger partial charge on any atom is 0.0211 e. The summed E-state index contributed by atoms with van der Waals surface area (Å²) in [6.45, 7) is 12.6. The fraction of sp³-hybridized carbons (Fsp3) is 0.571. The van der Waals surface area contributed by atoms with Crippen LogP contribution < -0.4 is 5.32 Å².